The molecular weight excluding hydrogens is 190 g/mol. The van der Waals surface area contributed by atoms with E-state index in [0.717, 1.165) is 36.9 Å². The normalized spacial score (nSPS) is 23.8. The topological polar surface area (TPSA) is 64.9 Å². The minimum absolute atomic E-state index is 0.0226. The quantitative estimate of drug-likeness (QED) is 0.810. The summed E-state index contributed by atoms with van der Waals surface area (Å²) in [5.41, 5.74) is 5.82. The predicted octanol–water partition coefficient (Wildman–Crippen LogP) is 1.40. The molecule has 0 bridgehead atoms. The first-order chi connectivity index (χ1) is 7.32. The summed E-state index contributed by atoms with van der Waals surface area (Å²) < 4.78 is 5.35. The van der Waals surface area contributed by atoms with Gasteiger partial charge in [-0.3, -0.25) is 0 Å². The Morgan fingerprint density at radius 1 is 1.40 bits per heavy atom. The van der Waals surface area contributed by atoms with Gasteiger partial charge in [-0.05, 0) is 31.6 Å². The molecule has 0 saturated heterocycles. The van der Waals surface area contributed by atoms with Crippen molar-refractivity contribution in [2.24, 2.45) is 11.7 Å². The summed E-state index contributed by atoms with van der Waals surface area (Å²) in [7, 11) is 0. The Kier molecular flexibility index (Phi) is 2.06. The van der Waals surface area contributed by atoms with Crippen molar-refractivity contribution in [3.05, 3.63) is 11.7 Å². The van der Waals surface area contributed by atoms with Gasteiger partial charge in [0.25, 0.3) is 0 Å². The highest BCUT2D eigenvalue weighted by molar-refractivity contribution is 5.11. The average Bonchev–Trinajstić information content (AvgIpc) is 2.85. The maximum atomic E-state index is 5.80. The van der Waals surface area contributed by atoms with Gasteiger partial charge in [-0.25, -0.2) is 0 Å². The van der Waals surface area contributed by atoms with Crippen LogP contribution in [0.25, 0.3) is 0 Å². The Hall–Kier alpha value is -0.900. The molecule has 2 aliphatic carbocycles. The Balaban J connectivity index is 1.76. The molecule has 1 aromatic rings. The van der Waals surface area contributed by atoms with Crippen LogP contribution in [0.3, 0.4) is 0 Å². The molecule has 2 N–H and O–H groups in total. The van der Waals surface area contributed by atoms with Crippen LogP contribution in [0, 0.1) is 5.92 Å². The van der Waals surface area contributed by atoms with E-state index in [0.29, 0.717) is 6.54 Å². The van der Waals surface area contributed by atoms with Gasteiger partial charge in [0.2, 0.25) is 5.89 Å². The van der Waals surface area contributed by atoms with E-state index >= 15 is 0 Å². The van der Waals surface area contributed by atoms with Gasteiger partial charge in [-0.15, -0.1) is 0 Å². The lowest BCUT2D eigenvalue weighted by Crippen LogP contribution is -2.41. The van der Waals surface area contributed by atoms with Crippen LogP contribution in [-0.2, 0) is 11.8 Å². The summed E-state index contributed by atoms with van der Waals surface area (Å²) in [5, 5.41) is 4.05. The van der Waals surface area contributed by atoms with Gasteiger partial charge in [0.1, 0.15) is 0 Å². The molecule has 0 spiro atoms. The summed E-state index contributed by atoms with van der Waals surface area (Å²) in [6.07, 6.45) is 7.09. The van der Waals surface area contributed by atoms with E-state index in [9.17, 15) is 0 Å². The standard InChI is InChI=1S/C11H17N3O/c12-7-11(4-1-5-11)10-13-9(14-15-10)6-8-2-3-8/h8H,1-7,12H2. The lowest BCUT2D eigenvalue weighted by Gasteiger charge is -2.36. The van der Waals surface area contributed by atoms with Crippen molar-refractivity contribution in [2.45, 2.75) is 43.9 Å². The first-order valence-corrected chi connectivity index (χ1v) is 5.85. The first-order valence-electron chi connectivity index (χ1n) is 5.85. The summed E-state index contributed by atoms with van der Waals surface area (Å²) in [4.78, 5) is 4.50. The molecule has 2 saturated carbocycles. The maximum Gasteiger partial charge on any atom is 0.234 e. The van der Waals surface area contributed by atoms with E-state index in [1.807, 2.05) is 0 Å². The van der Waals surface area contributed by atoms with Crippen molar-refractivity contribution in [3.8, 4) is 0 Å². The third-order valence-electron chi connectivity index (χ3n) is 3.79. The van der Waals surface area contributed by atoms with Crippen molar-refractivity contribution in [1.82, 2.24) is 10.1 Å². The van der Waals surface area contributed by atoms with Gasteiger partial charge in [0.15, 0.2) is 5.82 Å². The van der Waals surface area contributed by atoms with E-state index in [-0.39, 0.29) is 5.41 Å². The highest BCUT2D eigenvalue weighted by Crippen LogP contribution is 2.42. The Labute approximate surface area is 89.2 Å². The van der Waals surface area contributed by atoms with Crippen LogP contribution in [0.2, 0.25) is 0 Å². The van der Waals surface area contributed by atoms with E-state index < -0.39 is 0 Å². The number of nitrogens with zero attached hydrogens (tertiary/aromatic N) is 2. The van der Waals surface area contributed by atoms with Gasteiger partial charge in [0.05, 0.1) is 5.41 Å². The molecule has 1 aromatic heterocycles. The maximum absolute atomic E-state index is 5.80. The van der Waals surface area contributed by atoms with Gasteiger partial charge in [0, 0.05) is 13.0 Å². The van der Waals surface area contributed by atoms with E-state index in [4.69, 9.17) is 10.3 Å². The van der Waals surface area contributed by atoms with Crippen LogP contribution in [0.4, 0.5) is 0 Å². The summed E-state index contributed by atoms with van der Waals surface area (Å²) in [6.45, 7) is 0.637. The summed E-state index contributed by atoms with van der Waals surface area (Å²) in [6, 6.07) is 0. The SMILES string of the molecule is NCC1(c2nc(CC3CC3)no2)CCC1. The van der Waals surface area contributed by atoms with E-state index in [1.54, 1.807) is 0 Å². The minimum Gasteiger partial charge on any atom is -0.339 e. The summed E-state index contributed by atoms with van der Waals surface area (Å²) in [5.74, 6) is 2.48. The molecule has 1 heterocycles. The largest absolute Gasteiger partial charge is 0.339 e. The van der Waals surface area contributed by atoms with Crippen LogP contribution in [0.15, 0.2) is 4.52 Å². The zero-order valence-corrected chi connectivity index (χ0v) is 8.91. The summed E-state index contributed by atoms with van der Waals surface area (Å²) >= 11 is 0. The van der Waals surface area contributed by atoms with Crippen molar-refractivity contribution in [1.29, 1.82) is 0 Å². The first kappa shape index (κ1) is 9.33. The van der Waals surface area contributed by atoms with Gasteiger partial charge in [-0.1, -0.05) is 11.6 Å². The molecule has 2 fully saturated rings. The zero-order chi connectivity index (χ0) is 10.3. The fourth-order valence-corrected chi connectivity index (χ4v) is 2.24. The minimum atomic E-state index is 0.0226. The lowest BCUT2D eigenvalue weighted by molar-refractivity contribution is 0.181. The molecule has 4 nitrogen and oxygen atoms in total. The highest BCUT2D eigenvalue weighted by Gasteiger charge is 2.42. The van der Waals surface area contributed by atoms with Crippen molar-refractivity contribution >= 4 is 0 Å². The number of hydrogen-bond donors (Lipinski definition) is 1. The molecule has 4 heteroatoms. The molecule has 0 aliphatic heterocycles. The van der Waals surface area contributed by atoms with E-state index in [2.05, 4.69) is 10.1 Å². The van der Waals surface area contributed by atoms with Crippen LogP contribution < -0.4 is 5.73 Å². The second kappa shape index (κ2) is 3.30. The van der Waals surface area contributed by atoms with Crippen molar-refractivity contribution in [3.63, 3.8) is 0 Å². The Bertz CT molecular complexity index is 347. The molecule has 0 unspecified atom stereocenters. The van der Waals surface area contributed by atoms with E-state index in [1.165, 1.54) is 19.3 Å². The molecule has 0 radical (unpaired) electrons. The molecule has 0 amide bonds. The average molecular weight is 207 g/mol. The molecule has 2 aliphatic rings. The van der Waals surface area contributed by atoms with Crippen LogP contribution >= 0.6 is 0 Å². The van der Waals surface area contributed by atoms with Gasteiger partial charge in [-0.2, -0.15) is 4.98 Å². The Morgan fingerprint density at radius 2 is 2.20 bits per heavy atom. The molecule has 0 atom stereocenters. The van der Waals surface area contributed by atoms with Crippen molar-refractivity contribution in [2.75, 3.05) is 6.54 Å². The van der Waals surface area contributed by atoms with Gasteiger partial charge < -0.3 is 10.3 Å². The molecule has 82 valence electrons. The molecule has 15 heavy (non-hydrogen) atoms. The van der Waals surface area contributed by atoms with Crippen LogP contribution in [0.1, 0.15) is 43.8 Å². The highest BCUT2D eigenvalue weighted by atomic mass is 16.5. The van der Waals surface area contributed by atoms with Crippen molar-refractivity contribution < 1.29 is 4.52 Å². The third-order valence-corrected chi connectivity index (χ3v) is 3.79. The lowest BCUT2D eigenvalue weighted by atomic mass is 9.69. The zero-order valence-electron chi connectivity index (χ0n) is 8.91. The molecular formula is C11H17N3O. The second-order valence-corrected chi connectivity index (χ2v) is 5.00. The van der Waals surface area contributed by atoms with Crippen LogP contribution in [-0.4, -0.2) is 16.7 Å². The number of rotatable bonds is 4. The number of nitrogens with two attached hydrogens (primary N) is 1. The fraction of sp³-hybridized carbons (Fsp3) is 0.818. The molecule has 0 aromatic carbocycles. The number of aromatic nitrogens is 2. The number of hydrogen-bond acceptors (Lipinski definition) is 4. The third kappa shape index (κ3) is 1.57. The van der Waals surface area contributed by atoms with Crippen LogP contribution in [0.5, 0.6) is 0 Å². The predicted molar refractivity (Wildman–Crippen MR) is 55.3 cm³/mol. The van der Waals surface area contributed by atoms with Gasteiger partial charge >= 0.3 is 0 Å². The fourth-order valence-electron chi connectivity index (χ4n) is 2.24. The Morgan fingerprint density at radius 3 is 2.73 bits per heavy atom. The molecule has 3 rings (SSSR count). The second-order valence-electron chi connectivity index (χ2n) is 5.00. The monoisotopic (exact) mass is 207 g/mol. The smallest absolute Gasteiger partial charge is 0.234 e.